The maximum Gasteiger partial charge on any atom is 0.309 e. The molecule has 0 aromatic heterocycles. The molecule has 0 saturated carbocycles. The van der Waals surface area contributed by atoms with Crippen molar-refractivity contribution in [3.8, 4) is 5.75 Å². The van der Waals surface area contributed by atoms with Gasteiger partial charge in [0.25, 0.3) is 0 Å². The lowest BCUT2D eigenvalue weighted by Gasteiger charge is -2.18. The Labute approximate surface area is 173 Å². The Morgan fingerprint density at radius 3 is 2.31 bits per heavy atom. The van der Waals surface area contributed by atoms with E-state index < -0.39 is 21.4 Å². The lowest BCUT2D eigenvalue weighted by Crippen LogP contribution is -2.34. The number of carbonyl (C=O) groups is 1. The second-order valence-corrected chi connectivity index (χ2v) is 9.54. The van der Waals surface area contributed by atoms with Gasteiger partial charge in [-0.15, -0.1) is 0 Å². The third kappa shape index (κ3) is 7.18. The second kappa shape index (κ2) is 9.89. The van der Waals surface area contributed by atoms with Crippen molar-refractivity contribution in [3.05, 3.63) is 60.2 Å². The maximum atomic E-state index is 12.4. The van der Waals surface area contributed by atoms with Gasteiger partial charge in [0.05, 0.1) is 16.9 Å². The van der Waals surface area contributed by atoms with Crippen molar-refractivity contribution >= 4 is 16.0 Å². The molecule has 29 heavy (non-hydrogen) atoms. The van der Waals surface area contributed by atoms with Gasteiger partial charge >= 0.3 is 5.97 Å². The zero-order chi connectivity index (χ0) is 21.5. The zero-order valence-electron chi connectivity index (χ0n) is 17.1. The van der Waals surface area contributed by atoms with Crippen molar-refractivity contribution in [2.24, 2.45) is 5.41 Å². The number of hydrogen-bond donors (Lipinski definition) is 2. The number of ether oxygens (including phenoxy) is 1. The normalized spacial score (nSPS) is 13.1. The number of aliphatic carboxylic acids is 1. The van der Waals surface area contributed by atoms with Crippen LogP contribution >= 0.6 is 0 Å². The molecular weight excluding hydrogens is 390 g/mol. The standard InChI is InChI=1S/C22H29NO5S/c1-17(23-29(26,27)20-8-5-4-6-9-20)16-18-10-12-19(13-11-18)28-15-7-14-22(2,3)21(24)25/h4-6,8-13,17,23H,7,14-16H2,1-3H3,(H,24,25). The summed E-state index contributed by atoms with van der Waals surface area (Å²) in [5.74, 6) is -0.0988. The Bertz CT molecular complexity index is 893. The summed E-state index contributed by atoms with van der Waals surface area (Å²) in [4.78, 5) is 11.3. The van der Waals surface area contributed by atoms with Crippen LogP contribution in [0, 0.1) is 5.41 Å². The number of rotatable bonds is 11. The number of carboxylic acids is 1. The van der Waals surface area contributed by atoms with Crippen LogP contribution in [0.2, 0.25) is 0 Å². The van der Waals surface area contributed by atoms with Gasteiger partial charge in [-0.1, -0.05) is 30.3 Å². The Kier molecular flexibility index (Phi) is 7.81. The molecule has 0 saturated heterocycles. The highest BCUT2D eigenvalue weighted by Gasteiger charge is 2.26. The first-order valence-electron chi connectivity index (χ1n) is 9.63. The topological polar surface area (TPSA) is 92.7 Å². The SMILES string of the molecule is CC(Cc1ccc(OCCCC(C)(C)C(=O)O)cc1)NS(=O)(=O)c1ccccc1. The maximum absolute atomic E-state index is 12.4. The van der Waals surface area contributed by atoms with E-state index in [-0.39, 0.29) is 10.9 Å². The van der Waals surface area contributed by atoms with E-state index >= 15 is 0 Å². The fourth-order valence-corrected chi connectivity index (χ4v) is 4.13. The molecule has 0 aliphatic carbocycles. The number of benzene rings is 2. The minimum absolute atomic E-state index is 0.252. The van der Waals surface area contributed by atoms with Crippen molar-refractivity contribution in [3.63, 3.8) is 0 Å². The third-order valence-corrected chi connectivity index (χ3v) is 6.27. The first-order valence-corrected chi connectivity index (χ1v) is 11.1. The largest absolute Gasteiger partial charge is 0.494 e. The van der Waals surface area contributed by atoms with Gasteiger partial charge in [-0.05, 0) is 69.9 Å². The number of carboxylic acid groups (broad SMARTS) is 1. The number of hydrogen-bond acceptors (Lipinski definition) is 4. The minimum Gasteiger partial charge on any atom is -0.494 e. The Morgan fingerprint density at radius 2 is 1.72 bits per heavy atom. The molecule has 0 fully saturated rings. The zero-order valence-corrected chi connectivity index (χ0v) is 17.9. The highest BCUT2D eigenvalue weighted by atomic mass is 32.2. The van der Waals surface area contributed by atoms with Crippen molar-refractivity contribution in [1.82, 2.24) is 4.72 Å². The summed E-state index contributed by atoms with van der Waals surface area (Å²) in [5.41, 5.74) is 0.240. The molecule has 0 radical (unpaired) electrons. The Morgan fingerprint density at radius 1 is 1.10 bits per heavy atom. The van der Waals surface area contributed by atoms with Crippen LogP contribution < -0.4 is 9.46 Å². The van der Waals surface area contributed by atoms with Gasteiger partial charge in [0.1, 0.15) is 5.75 Å². The molecule has 7 heteroatoms. The lowest BCUT2D eigenvalue weighted by molar-refractivity contribution is -0.147. The van der Waals surface area contributed by atoms with E-state index in [1.807, 2.05) is 31.2 Å². The molecule has 0 aliphatic heterocycles. The van der Waals surface area contributed by atoms with Gasteiger partial charge in [0.15, 0.2) is 0 Å². The van der Waals surface area contributed by atoms with Gasteiger partial charge in [-0.25, -0.2) is 13.1 Å². The first-order chi connectivity index (χ1) is 13.6. The van der Waals surface area contributed by atoms with Crippen molar-refractivity contribution in [2.45, 2.75) is 51.0 Å². The summed E-state index contributed by atoms with van der Waals surface area (Å²) in [6.45, 7) is 5.69. The summed E-state index contributed by atoms with van der Waals surface area (Å²) in [6.07, 6.45) is 1.75. The molecule has 2 aromatic rings. The summed E-state index contributed by atoms with van der Waals surface area (Å²) >= 11 is 0. The van der Waals surface area contributed by atoms with Gasteiger partial charge < -0.3 is 9.84 Å². The predicted molar refractivity (Wildman–Crippen MR) is 113 cm³/mol. The van der Waals surface area contributed by atoms with E-state index in [0.29, 0.717) is 31.6 Å². The van der Waals surface area contributed by atoms with Crippen molar-refractivity contribution < 1.29 is 23.1 Å². The highest BCUT2D eigenvalue weighted by molar-refractivity contribution is 7.89. The van der Waals surface area contributed by atoms with Gasteiger partial charge in [-0.2, -0.15) is 0 Å². The fourth-order valence-electron chi connectivity index (χ4n) is 2.86. The molecule has 6 nitrogen and oxygen atoms in total. The van der Waals surface area contributed by atoms with Gasteiger partial charge in [-0.3, -0.25) is 4.79 Å². The number of sulfonamides is 1. The molecule has 1 unspecified atom stereocenters. The van der Waals surface area contributed by atoms with Crippen LogP contribution in [0.25, 0.3) is 0 Å². The smallest absolute Gasteiger partial charge is 0.309 e. The fraction of sp³-hybridized carbons (Fsp3) is 0.409. The molecule has 1 atom stereocenters. The quantitative estimate of drug-likeness (QED) is 0.540. The molecule has 0 bridgehead atoms. The van der Waals surface area contributed by atoms with E-state index in [9.17, 15) is 13.2 Å². The van der Waals surface area contributed by atoms with Crippen molar-refractivity contribution in [1.29, 1.82) is 0 Å². The summed E-state index contributed by atoms with van der Waals surface area (Å²) in [7, 11) is -3.54. The predicted octanol–water partition coefficient (Wildman–Crippen LogP) is 3.87. The second-order valence-electron chi connectivity index (χ2n) is 7.82. The average Bonchev–Trinajstić information content (AvgIpc) is 2.66. The molecule has 0 heterocycles. The monoisotopic (exact) mass is 419 g/mol. The van der Waals surface area contributed by atoms with Gasteiger partial charge in [0.2, 0.25) is 10.0 Å². The van der Waals surface area contributed by atoms with Crippen LogP contribution in [0.4, 0.5) is 0 Å². The minimum atomic E-state index is -3.54. The molecular formula is C22H29NO5S. The van der Waals surface area contributed by atoms with E-state index in [4.69, 9.17) is 9.84 Å². The first kappa shape index (κ1) is 22.9. The van der Waals surface area contributed by atoms with Crippen LogP contribution in [-0.4, -0.2) is 32.1 Å². The van der Waals surface area contributed by atoms with Gasteiger partial charge in [0, 0.05) is 6.04 Å². The van der Waals surface area contributed by atoms with Crippen LogP contribution in [0.15, 0.2) is 59.5 Å². The van der Waals surface area contributed by atoms with Crippen LogP contribution in [0.3, 0.4) is 0 Å². The molecule has 2 aromatic carbocycles. The van der Waals surface area contributed by atoms with E-state index in [2.05, 4.69) is 4.72 Å². The summed E-state index contributed by atoms with van der Waals surface area (Å²) in [6, 6.07) is 15.5. The Balaban J connectivity index is 1.82. The molecule has 0 spiro atoms. The highest BCUT2D eigenvalue weighted by Crippen LogP contribution is 2.23. The molecule has 2 rings (SSSR count). The van der Waals surface area contributed by atoms with Crippen LogP contribution in [0.1, 0.15) is 39.2 Å². The summed E-state index contributed by atoms with van der Waals surface area (Å²) < 4.78 is 33.1. The van der Waals surface area contributed by atoms with Crippen molar-refractivity contribution in [2.75, 3.05) is 6.61 Å². The van der Waals surface area contributed by atoms with E-state index in [0.717, 1.165) is 5.56 Å². The van der Waals surface area contributed by atoms with E-state index in [1.54, 1.807) is 44.2 Å². The number of nitrogens with one attached hydrogen (secondary N) is 1. The molecule has 0 aliphatic rings. The van der Waals surface area contributed by atoms with E-state index in [1.165, 1.54) is 0 Å². The molecule has 158 valence electrons. The average molecular weight is 420 g/mol. The summed E-state index contributed by atoms with van der Waals surface area (Å²) in [5, 5.41) is 9.11. The molecule has 0 amide bonds. The lowest BCUT2D eigenvalue weighted by atomic mass is 9.88. The Hall–Kier alpha value is -2.38. The van der Waals surface area contributed by atoms with Crippen LogP contribution in [-0.2, 0) is 21.2 Å². The molecule has 2 N–H and O–H groups in total. The third-order valence-electron chi connectivity index (χ3n) is 4.67. The van der Waals surface area contributed by atoms with Crippen LogP contribution in [0.5, 0.6) is 5.75 Å².